The van der Waals surface area contributed by atoms with E-state index >= 15 is 0 Å². The zero-order valence-corrected chi connectivity index (χ0v) is 17.5. The summed E-state index contributed by atoms with van der Waals surface area (Å²) >= 11 is 0. The smallest absolute Gasteiger partial charge is 0.312 e. The van der Waals surface area contributed by atoms with Crippen LogP contribution in [0.25, 0.3) is 0 Å². The number of hydrogen-bond donors (Lipinski definition) is 0. The molecule has 4 bridgehead atoms. The predicted molar refractivity (Wildman–Crippen MR) is 101 cm³/mol. The first kappa shape index (κ1) is 19.3. The SMILES string of the molecule is CCC(C)(C)C(=O)OC12CC3CC(OCC4CO4)(CC(OCC4CO4)(C3)C1)C2. The molecule has 0 radical (unpaired) electrons. The molecule has 2 saturated heterocycles. The van der Waals surface area contributed by atoms with Gasteiger partial charge in [0.05, 0.1) is 43.0 Å². The third-order valence-corrected chi connectivity index (χ3v) is 7.62. The minimum Gasteiger partial charge on any atom is -0.458 e. The first-order chi connectivity index (χ1) is 13.3. The van der Waals surface area contributed by atoms with Crippen LogP contribution in [0.3, 0.4) is 0 Å². The lowest BCUT2D eigenvalue weighted by molar-refractivity contribution is -0.287. The summed E-state index contributed by atoms with van der Waals surface area (Å²) in [6.45, 7) is 8.86. The number of epoxide rings is 2. The molecule has 4 atom stereocenters. The van der Waals surface area contributed by atoms with Gasteiger partial charge in [0, 0.05) is 19.3 Å². The Kier molecular flexibility index (Phi) is 4.41. The highest BCUT2D eigenvalue weighted by Crippen LogP contribution is 2.63. The van der Waals surface area contributed by atoms with Crippen LogP contribution in [0.5, 0.6) is 0 Å². The highest BCUT2D eigenvalue weighted by Gasteiger charge is 2.67. The van der Waals surface area contributed by atoms with Gasteiger partial charge in [-0.15, -0.1) is 0 Å². The molecule has 0 N–H and O–H groups in total. The van der Waals surface area contributed by atoms with Crippen LogP contribution in [0.4, 0.5) is 0 Å². The topological polar surface area (TPSA) is 69.8 Å². The Morgan fingerprint density at radius 3 is 1.86 bits per heavy atom. The summed E-state index contributed by atoms with van der Waals surface area (Å²) in [6, 6.07) is 0. The number of ether oxygens (including phenoxy) is 5. The lowest BCUT2D eigenvalue weighted by Gasteiger charge is -2.65. The molecule has 4 aliphatic carbocycles. The van der Waals surface area contributed by atoms with E-state index < -0.39 is 11.0 Å². The van der Waals surface area contributed by atoms with Crippen LogP contribution >= 0.6 is 0 Å². The van der Waals surface area contributed by atoms with Crippen molar-refractivity contribution in [2.45, 2.75) is 94.7 Å². The standard InChI is InChI=1S/C22H34O6/c1-4-19(2,3)18(23)28-22-7-15-5-20(13-22,26-10-16-8-24-16)12-21(6-15,14-22)27-11-17-9-25-17/h15-17H,4-14H2,1-3H3. The minimum absolute atomic E-state index is 0.0849. The summed E-state index contributed by atoms with van der Waals surface area (Å²) in [5.41, 5.74) is -1.44. The second-order valence-electron chi connectivity index (χ2n) is 10.7. The monoisotopic (exact) mass is 394 g/mol. The molecular formula is C22H34O6. The van der Waals surface area contributed by atoms with Crippen molar-refractivity contribution in [2.24, 2.45) is 11.3 Å². The van der Waals surface area contributed by atoms with E-state index in [0.717, 1.165) is 58.2 Å². The molecule has 0 aromatic heterocycles. The molecule has 2 heterocycles. The van der Waals surface area contributed by atoms with Crippen molar-refractivity contribution in [1.82, 2.24) is 0 Å². The normalized spacial score (nSPS) is 45.9. The third-order valence-electron chi connectivity index (χ3n) is 7.62. The maximum absolute atomic E-state index is 13.0. The molecule has 158 valence electrons. The van der Waals surface area contributed by atoms with Gasteiger partial charge in [-0.3, -0.25) is 4.79 Å². The van der Waals surface area contributed by atoms with Crippen molar-refractivity contribution in [3.63, 3.8) is 0 Å². The summed E-state index contributed by atoms with van der Waals surface area (Å²) in [4.78, 5) is 13.0. The number of rotatable bonds is 9. The highest BCUT2D eigenvalue weighted by atomic mass is 16.6. The van der Waals surface area contributed by atoms with E-state index in [1.54, 1.807) is 0 Å². The second-order valence-corrected chi connectivity index (χ2v) is 10.7. The largest absolute Gasteiger partial charge is 0.458 e. The van der Waals surface area contributed by atoms with Gasteiger partial charge >= 0.3 is 5.97 Å². The van der Waals surface area contributed by atoms with Crippen LogP contribution in [0.15, 0.2) is 0 Å². The van der Waals surface area contributed by atoms with Crippen LogP contribution in [-0.2, 0) is 28.5 Å². The van der Waals surface area contributed by atoms with Gasteiger partial charge in [0.25, 0.3) is 0 Å². The summed E-state index contributed by atoms with van der Waals surface area (Å²) in [6.07, 6.45) is 6.75. The van der Waals surface area contributed by atoms with Crippen molar-refractivity contribution < 1.29 is 28.5 Å². The average Bonchev–Trinajstić information content (AvgIpc) is 3.52. The van der Waals surface area contributed by atoms with Crippen LogP contribution in [-0.4, -0.2) is 61.4 Å². The summed E-state index contributed by atoms with van der Waals surface area (Å²) < 4.78 is 30.1. The van der Waals surface area contributed by atoms with Crippen molar-refractivity contribution in [3.8, 4) is 0 Å². The minimum atomic E-state index is -0.463. The van der Waals surface area contributed by atoms with Gasteiger partial charge in [-0.05, 0) is 45.4 Å². The van der Waals surface area contributed by atoms with Gasteiger partial charge in [-0.2, -0.15) is 0 Å². The maximum Gasteiger partial charge on any atom is 0.312 e. The lowest BCUT2D eigenvalue weighted by Crippen LogP contribution is -2.68. The molecule has 0 aromatic rings. The quantitative estimate of drug-likeness (QED) is 0.442. The summed E-state index contributed by atoms with van der Waals surface area (Å²) in [7, 11) is 0. The van der Waals surface area contributed by atoms with Crippen molar-refractivity contribution in [3.05, 3.63) is 0 Å². The van der Waals surface area contributed by atoms with Crippen molar-refractivity contribution >= 4 is 5.97 Å². The Labute approximate surface area is 167 Å². The van der Waals surface area contributed by atoms with Crippen molar-refractivity contribution in [2.75, 3.05) is 26.4 Å². The molecule has 6 heteroatoms. The zero-order chi connectivity index (χ0) is 19.6. The molecular weight excluding hydrogens is 360 g/mol. The number of carbonyl (C=O) groups excluding carboxylic acids is 1. The molecule has 0 aromatic carbocycles. The van der Waals surface area contributed by atoms with Crippen LogP contribution in [0.1, 0.15) is 65.7 Å². The molecule has 0 amide bonds. The van der Waals surface area contributed by atoms with E-state index in [9.17, 15) is 4.79 Å². The fourth-order valence-electron chi connectivity index (χ4n) is 5.96. The first-order valence-corrected chi connectivity index (χ1v) is 11.0. The molecule has 6 aliphatic rings. The van der Waals surface area contributed by atoms with Crippen LogP contribution in [0, 0.1) is 11.3 Å². The molecule has 2 aliphatic heterocycles. The fourth-order valence-corrected chi connectivity index (χ4v) is 5.96. The van der Waals surface area contributed by atoms with E-state index in [2.05, 4.69) is 0 Å². The third kappa shape index (κ3) is 3.62. The highest BCUT2D eigenvalue weighted by molar-refractivity contribution is 5.76. The molecule has 0 spiro atoms. The first-order valence-electron chi connectivity index (χ1n) is 11.0. The fraction of sp³-hybridized carbons (Fsp3) is 0.955. The Bertz CT molecular complexity index is 605. The summed E-state index contributed by atoms with van der Waals surface area (Å²) in [5.74, 6) is 0.396. The van der Waals surface area contributed by atoms with Gasteiger partial charge in [0.15, 0.2) is 0 Å². The number of carbonyl (C=O) groups is 1. The zero-order valence-electron chi connectivity index (χ0n) is 17.5. The van der Waals surface area contributed by atoms with Crippen molar-refractivity contribution in [1.29, 1.82) is 0 Å². The maximum atomic E-state index is 13.0. The molecule has 6 fully saturated rings. The Hall–Kier alpha value is -0.690. The van der Waals surface area contributed by atoms with Gasteiger partial charge in [-0.1, -0.05) is 6.92 Å². The van der Waals surface area contributed by atoms with E-state index in [1.165, 1.54) is 0 Å². The molecule has 6 rings (SSSR count). The van der Waals surface area contributed by atoms with Gasteiger partial charge in [0.1, 0.15) is 17.8 Å². The molecule has 4 unspecified atom stereocenters. The van der Waals surface area contributed by atoms with E-state index in [0.29, 0.717) is 19.1 Å². The Morgan fingerprint density at radius 1 is 0.929 bits per heavy atom. The number of esters is 1. The number of hydrogen-bond acceptors (Lipinski definition) is 6. The van der Waals surface area contributed by atoms with Crippen LogP contribution < -0.4 is 0 Å². The average molecular weight is 395 g/mol. The Morgan fingerprint density at radius 2 is 1.39 bits per heavy atom. The van der Waals surface area contributed by atoms with Gasteiger partial charge in [0.2, 0.25) is 0 Å². The van der Waals surface area contributed by atoms with E-state index in [1.807, 2.05) is 20.8 Å². The summed E-state index contributed by atoms with van der Waals surface area (Å²) in [5, 5.41) is 0. The molecule has 6 nitrogen and oxygen atoms in total. The van der Waals surface area contributed by atoms with Gasteiger partial charge < -0.3 is 23.7 Å². The lowest BCUT2D eigenvalue weighted by atomic mass is 9.50. The Balaban J connectivity index is 1.39. The molecule has 4 saturated carbocycles. The van der Waals surface area contributed by atoms with Gasteiger partial charge in [-0.25, -0.2) is 0 Å². The van der Waals surface area contributed by atoms with E-state index in [-0.39, 0.29) is 29.4 Å². The van der Waals surface area contributed by atoms with E-state index in [4.69, 9.17) is 23.7 Å². The molecule has 28 heavy (non-hydrogen) atoms. The predicted octanol–water partition coefficient (Wildman–Crippen LogP) is 3.01. The van der Waals surface area contributed by atoms with Crippen LogP contribution in [0.2, 0.25) is 0 Å². The second kappa shape index (κ2) is 6.40.